The highest BCUT2D eigenvalue weighted by molar-refractivity contribution is 7.91. The highest BCUT2D eigenvalue weighted by Gasteiger charge is 2.52. The van der Waals surface area contributed by atoms with Crippen molar-refractivity contribution in [2.75, 3.05) is 12.4 Å². The Morgan fingerprint density at radius 2 is 2.17 bits per heavy atom. The van der Waals surface area contributed by atoms with Crippen molar-refractivity contribution >= 4 is 9.84 Å². The lowest BCUT2D eigenvalue weighted by molar-refractivity contribution is 0.143. The number of hydrogen-bond acceptors (Lipinski definition) is 5. The summed E-state index contributed by atoms with van der Waals surface area (Å²) in [5.41, 5.74) is 0.650. The van der Waals surface area contributed by atoms with Crippen LogP contribution in [0.1, 0.15) is 25.7 Å². The Bertz CT molecular complexity index is 540. The molecule has 0 bridgehead atoms. The predicted molar refractivity (Wildman–Crippen MR) is 63.6 cm³/mol. The zero-order valence-electron chi connectivity index (χ0n) is 10.1. The summed E-state index contributed by atoms with van der Waals surface area (Å²) in [6.07, 6.45) is 6.67. The minimum absolute atomic E-state index is 0.169. The van der Waals surface area contributed by atoms with Gasteiger partial charge in [-0.25, -0.2) is 13.4 Å². The summed E-state index contributed by atoms with van der Waals surface area (Å²) in [7, 11) is -3.52. The van der Waals surface area contributed by atoms with Gasteiger partial charge >= 0.3 is 0 Å². The second-order valence-corrected chi connectivity index (χ2v) is 7.57. The monoisotopic (exact) mass is 271 g/mol. The number of sulfone groups is 1. The van der Waals surface area contributed by atoms with Gasteiger partial charge in [-0.3, -0.25) is 4.68 Å². The molecule has 0 amide bonds. The summed E-state index contributed by atoms with van der Waals surface area (Å²) in [5.74, 6) is 0.298. The molecule has 1 aromatic heterocycles. The fourth-order valence-corrected chi connectivity index (χ4v) is 3.72. The van der Waals surface area contributed by atoms with E-state index in [4.69, 9.17) is 5.11 Å². The summed E-state index contributed by atoms with van der Waals surface area (Å²) < 4.78 is 24.9. The van der Waals surface area contributed by atoms with Gasteiger partial charge in [-0.05, 0) is 37.0 Å². The van der Waals surface area contributed by atoms with Gasteiger partial charge in [-0.2, -0.15) is 0 Å². The Labute approximate surface area is 106 Å². The maximum Gasteiger partial charge on any atom is 0.266 e. The van der Waals surface area contributed by atoms with Gasteiger partial charge in [-0.1, -0.05) is 0 Å². The maximum absolute atomic E-state index is 11.6. The molecule has 1 spiro atoms. The van der Waals surface area contributed by atoms with Crippen molar-refractivity contribution in [1.82, 2.24) is 14.8 Å². The molecule has 1 heterocycles. The predicted octanol–water partition coefficient (Wildman–Crippen LogP) is 0.234. The van der Waals surface area contributed by atoms with Gasteiger partial charge in [0.2, 0.25) is 9.84 Å². The van der Waals surface area contributed by atoms with Crippen molar-refractivity contribution in [2.45, 2.75) is 37.4 Å². The zero-order valence-corrected chi connectivity index (χ0v) is 10.9. The average molecular weight is 271 g/mol. The number of nitrogens with zero attached hydrogens (tertiary/aromatic N) is 3. The lowest BCUT2D eigenvalue weighted by Gasteiger charge is -2.35. The lowest BCUT2D eigenvalue weighted by Crippen LogP contribution is -2.29. The van der Waals surface area contributed by atoms with Gasteiger partial charge in [-0.15, -0.1) is 5.10 Å². The molecule has 1 N–H and O–H groups in total. The van der Waals surface area contributed by atoms with Gasteiger partial charge in [0.1, 0.15) is 6.33 Å². The summed E-state index contributed by atoms with van der Waals surface area (Å²) in [6, 6.07) is 0. The van der Waals surface area contributed by atoms with E-state index < -0.39 is 16.4 Å². The van der Waals surface area contributed by atoms with Crippen LogP contribution in [0.25, 0.3) is 0 Å². The van der Waals surface area contributed by atoms with Gasteiger partial charge in [0.25, 0.3) is 5.16 Å². The van der Waals surface area contributed by atoms with Crippen LogP contribution in [0.15, 0.2) is 11.5 Å². The van der Waals surface area contributed by atoms with E-state index in [-0.39, 0.29) is 10.9 Å². The Morgan fingerprint density at radius 3 is 2.78 bits per heavy atom. The van der Waals surface area contributed by atoms with Crippen LogP contribution in [0.5, 0.6) is 0 Å². The van der Waals surface area contributed by atoms with E-state index in [2.05, 4.69) is 10.1 Å². The van der Waals surface area contributed by atoms with Crippen molar-refractivity contribution < 1.29 is 13.5 Å². The maximum atomic E-state index is 11.6. The number of aliphatic hydroxyl groups excluding tert-OH is 1. The van der Waals surface area contributed by atoms with Crippen molar-refractivity contribution in [3.05, 3.63) is 6.33 Å². The third-order valence-corrected chi connectivity index (χ3v) is 5.46. The van der Waals surface area contributed by atoms with E-state index in [0.717, 1.165) is 6.54 Å². The summed E-state index contributed by atoms with van der Waals surface area (Å²) in [5, 5.41) is 12.5. The molecular formula is C11H17N3O3S. The highest BCUT2D eigenvalue weighted by atomic mass is 32.2. The fourth-order valence-electron chi connectivity index (χ4n) is 2.86. The van der Waals surface area contributed by atoms with Crippen LogP contribution in [0, 0.1) is 11.3 Å². The Balaban J connectivity index is 1.63. The van der Waals surface area contributed by atoms with E-state index in [1.807, 2.05) is 0 Å². The third-order valence-electron chi connectivity index (χ3n) is 4.00. The molecular weight excluding hydrogens is 254 g/mol. The summed E-state index contributed by atoms with van der Waals surface area (Å²) in [6.45, 7) is 0.353. The van der Waals surface area contributed by atoms with Crippen LogP contribution in [-0.4, -0.2) is 40.6 Å². The Kier molecular flexibility index (Phi) is 2.71. The summed E-state index contributed by atoms with van der Waals surface area (Å²) >= 11 is 0. The quantitative estimate of drug-likeness (QED) is 0.829. The molecule has 2 fully saturated rings. The molecule has 0 aliphatic heterocycles. The Hall–Kier alpha value is -0.950. The van der Waals surface area contributed by atoms with Crippen LogP contribution >= 0.6 is 0 Å². The minimum Gasteiger partial charge on any atom is -0.395 e. The van der Waals surface area contributed by atoms with Crippen molar-refractivity contribution in [2.24, 2.45) is 11.3 Å². The van der Waals surface area contributed by atoms with Crippen LogP contribution in [0.4, 0.5) is 0 Å². The van der Waals surface area contributed by atoms with Crippen molar-refractivity contribution in [3.63, 3.8) is 0 Å². The van der Waals surface area contributed by atoms with Gasteiger partial charge < -0.3 is 5.11 Å². The Morgan fingerprint density at radius 1 is 1.44 bits per heavy atom. The van der Waals surface area contributed by atoms with E-state index >= 15 is 0 Å². The molecule has 0 radical (unpaired) electrons. The van der Waals surface area contributed by atoms with Crippen LogP contribution in [0.3, 0.4) is 0 Å². The van der Waals surface area contributed by atoms with Crippen molar-refractivity contribution in [1.29, 1.82) is 0 Å². The lowest BCUT2D eigenvalue weighted by atomic mass is 9.72. The zero-order chi connectivity index (χ0) is 12.8. The van der Waals surface area contributed by atoms with Crippen molar-refractivity contribution in [3.8, 4) is 0 Å². The smallest absolute Gasteiger partial charge is 0.266 e. The molecule has 3 rings (SSSR count). The minimum atomic E-state index is -3.52. The normalized spacial score (nSPS) is 22.1. The van der Waals surface area contributed by atoms with Crippen LogP contribution < -0.4 is 0 Å². The first kappa shape index (κ1) is 12.1. The fraction of sp³-hybridized carbons (Fsp3) is 0.818. The first-order chi connectivity index (χ1) is 8.53. The standard InChI is InChI=1S/C11H17N3O3S/c15-3-4-18(16,17)10-12-8-14(13-10)7-9-5-11(6-9)1-2-11/h8-9,15H,1-7H2. The average Bonchev–Trinajstić information content (AvgIpc) is 2.88. The van der Waals surface area contributed by atoms with E-state index in [1.54, 1.807) is 4.68 Å². The number of rotatable bonds is 5. The highest BCUT2D eigenvalue weighted by Crippen LogP contribution is 2.63. The summed E-state index contributed by atoms with van der Waals surface area (Å²) in [4.78, 5) is 3.82. The molecule has 1 aromatic rings. The molecule has 0 aromatic carbocycles. The first-order valence-electron chi connectivity index (χ1n) is 6.26. The molecule has 0 saturated heterocycles. The molecule has 6 nitrogen and oxygen atoms in total. The molecule has 2 saturated carbocycles. The van der Waals surface area contributed by atoms with E-state index in [0.29, 0.717) is 11.3 Å². The third kappa shape index (κ3) is 2.16. The molecule has 7 heteroatoms. The second-order valence-electron chi connectivity index (χ2n) is 5.57. The van der Waals surface area contributed by atoms with E-state index in [9.17, 15) is 8.42 Å². The number of hydrogen-bond donors (Lipinski definition) is 1. The van der Waals surface area contributed by atoms with Gasteiger partial charge in [0.15, 0.2) is 0 Å². The van der Waals surface area contributed by atoms with Gasteiger partial charge in [0.05, 0.1) is 12.4 Å². The largest absolute Gasteiger partial charge is 0.395 e. The topological polar surface area (TPSA) is 85.1 Å². The molecule has 2 aliphatic carbocycles. The van der Waals surface area contributed by atoms with Crippen LogP contribution in [0.2, 0.25) is 0 Å². The molecule has 0 atom stereocenters. The molecule has 18 heavy (non-hydrogen) atoms. The number of aromatic nitrogens is 3. The molecule has 100 valence electrons. The number of aliphatic hydroxyl groups is 1. The first-order valence-corrected chi connectivity index (χ1v) is 7.91. The van der Waals surface area contributed by atoms with E-state index in [1.165, 1.54) is 32.0 Å². The molecule has 0 unspecified atom stereocenters. The SMILES string of the molecule is O=S(=O)(CCO)c1ncn(CC2CC3(CC3)C2)n1. The second kappa shape index (κ2) is 4.03. The van der Waals surface area contributed by atoms with Gasteiger partial charge in [0, 0.05) is 6.54 Å². The van der Waals surface area contributed by atoms with Crippen LogP contribution in [-0.2, 0) is 16.4 Å². The molecule has 2 aliphatic rings.